The fourth-order valence-corrected chi connectivity index (χ4v) is 3.09. The Morgan fingerprint density at radius 2 is 1.70 bits per heavy atom. The summed E-state index contributed by atoms with van der Waals surface area (Å²) >= 11 is 0. The van der Waals surface area contributed by atoms with Crippen molar-refractivity contribution in [1.82, 2.24) is 4.90 Å². The number of piperazine rings is 1. The number of non-ortho nitro benzene ring substituents is 1. The van der Waals surface area contributed by atoms with Crippen LogP contribution in [-0.2, 0) is 4.79 Å². The van der Waals surface area contributed by atoms with Gasteiger partial charge in [-0.1, -0.05) is 18.2 Å². The van der Waals surface area contributed by atoms with Crippen molar-refractivity contribution in [2.24, 2.45) is 0 Å². The molecule has 1 saturated heterocycles. The van der Waals surface area contributed by atoms with Gasteiger partial charge in [0, 0.05) is 55.1 Å². The lowest BCUT2D eigenvalue weighted by molar-refractivity contribution is -0.384. The minimum Gasteiger partial charge on any atom is -0.368 e. The highest BCUT2D eigenvalue weighted by molar-refractivity contribution is 5.97. The average molecular weight is 369 g/mol. The van der Waals surface area contributed by atoms with Crippen LogP contribution in [0.3, 0.4) is 0 Å². The zero-order valence-electron chi connectivity index (χ0n) is 15.0. The predicted octanol–water partition coefficient (Wildman–Crippen LogP) is 3.49. The molecule has 3 rings (SSSR count). The molecule has 0 saturated carbocycles. The van der Waals surface area contributed by atoms with E-state index in [9.17, 15) is 19.3 Å². The molecular weight excluding hydrogens is 349 g/mol. The van der Waals surface area contributed by atoms with Gasteiger partial charge in [0.25, 0.3) is 5.69 Å². The highest BCUT2D eigenvalue weighted by atomic mass is 19.1. The summed E-state index contributed by atoms with van der Waals surface area (Å²) in [4.78, 5) is 26.8. The molecule has 27 heavy (non-hydrogen) atoms. The van der Waals surface area contributed by atoms with E-state index in [1.807, 2.05) is 0 Å². The van der Waals surface area contributed by atoms with Crippen LogP contribution < -0.4 is 4.90 Å². The SMILES string of the molecule is C/C(=C\c1ccccc1F)C(=O)N1CCN(c2ccc([N+](=O)[O-])cc2)CC1. The fraction of sp³-hybridized carbons (Fsp3) is 0.250. The molecule has 6 nitrogen and oxygen atoms in total. The van der Waals surface area contributed by atoms with Crippen molar-refractivity contribution < 1.29 is 14.1 Å². The number of amides is 1. The van der Waals surface area contributed by atoms with Crippen LogP contribution in [0.1, 0.15) is 12.5 Å². The third-order valence-electron chi connectivity index (χ3n) is 4.61. The lowest BCUT2D eigenvalue weighted by atomic mass is 10.1. The number of halogens is 1. The Morgan fingerprint density at radius 1 is 1.07 bits per heavy atom. The number of anilines is 1. The molecule has 0 aliphatic carbocycles. The number of carbonyl (C=O) groups is 1. The van der Waals surface area contributed by atoms with Crippen LogP contribution in [0.5, 0.6) is 0 Å². The van der Waals surface area contributed by atoms with Gasteiger partial charge < -0.3 is 9.80 Å². The first kappa shape index (κ1) is 18.6. The molecule has 1 amide bonds. The summed E-state index contributed by atoms with van der Waals surface area (Å²) < 4.78 is 13.8. The van der Waals surface area contributed by atoms with Gasteiger partial charge in [0.2, 0.25) is 5.91 Å². The summed E-state index contributed by atoms with van der Waals surface area (Å²) in [5.41, 5.74) is 1.84. The number of nitro benzene ring substituents is 1. The summed E-state index contributed by atoms with van der Waals surface area (Å²) in [7, 11) is 0. The first-order chi connectivity index (χ1) is 13.0. The van der Waals surface area contributed by atoms with Crippen LogP contribution >= 0.6 is 0 Å². The minimum atomic E-state index is -0.426. The molecule has 7 heteroatoms. The van der Waals surface area contributed by atoms with E-state index in [4.69, 9.17) is 0 Å². The summed E-state index contributed by atoms with van der Waals surface area (Å²) in [6.45, 7) is 4.04. The zero-order valence-corrected chi connectivity index (χ0v) is 15.0. The number of benzene rings is 2. The Bertz CT molecular complexity index is 872. The highest BCUT2D eigenvalue weighted by Gasteiger charge is 2.22. The van der Waals surface area contributed by atoms with E-state index in [-0.39, 0.29) is 17.4 Å². The van der Waals surface area contributed by atoms with Gasteiger partial charge >= 0.3 is 0 Å². The standard InChI is InChI=1S/C20H20FN3O3/c1-15(14-16-4-2-3-5-19(16)21)20(25)23-12-10-22(11-13-23)17-6-8-18(9-7-17)24(26)27/h2-9,14H,10-13H2,1H3/b15-14+. The van der Waals surface area contributed by atoms with E-state index in [2.05, 4.69) is 4.90 Å². The Hall–Kier alpha value is -3.22. The molecule has 140 valence electrons. The maximum absolute atomic E-state index is 13.8. The molecule has 0 bridgehead atoms. The van der Waals surface area contributed by atoms with E-state index < -0.39 is 4.92 Å². The molecule has 1 fully saturated rings. The molecule has 1 heterocycles. The number of carbonyl (C=O) groups excluding carboxylic acids is 1. The number of rotatable bonds is 4. The van der Waals surface area contributed by atoms with E-state index in [1.54, 1.807) is 48.2 Å². The third kappa shape index (κ3) is 4.31. The third-order valence-corrected chi connectivity index (χ3v) is 4.61. The van der Waals surface area contributed by atoms with E-state index in [0.29, 0.717) is 37.3 Å². The normalized spacial score (nSPS) is 15.0. The first-order valence-corrected chi connectivity index (χ1v) is 8.67. The number of hydrogen-bond donors (Lipinski definition) is 0. The Kier molecular flexibility index (Phi) is 5.49. The smallest absolute Gasteiger partial charge is 0.269 e. The molecule has 0 unspecified atom stereocenters. The van der Waals surface area contributed by atoms with Gasteiger partial charge in [0.15, 0.2) is 0 Å². The van der Waals surface area contributed by atoms with E-state index in [0.717, 1.165) is 5.69 Å². The molecular formula is C20H20FN3O3. The van der Waals surface area contributed by atoms with Crippen LogP contribution in [0.4, 0.5) is 15.8 Å². The maximum atomic E-state index is 13.8. The molecule has 0 spiro atoms. The maximum Gasteiger partial charge on any atom is 0.269 e. The second kappa shape index (κ2) is 7.99. The van der Waals surface area contributed by atoms with Crippen LogP contribution in [0.25, 0.3) is 6.08 Å². The summed E-state index contributed by atoms with van der Waals surface area (Å²) in [6, 6.07) is 12.8. The predicted molar refractivity (Wildman–Crippen MR) is 102 cm³/mol. The van der Waals surface area contributed by atoms with Crippen molar-refractivity contribution >= 4 is 23.4 Å². The van der Waals surface area contributed by atoms with Crippen molar-refractivity contribution in [2.45, 2.75) is 6.92 Å². The second-order valence-electron chi connectivity index (χ2n) is 6.40. The summed E-state index contributed by atoms with van der Waals surface area (Å²) in [5, 5.41) is 10.7. The average Bonchev–Trinajstić information content (AvgIpc) is 2.69. The number of nitro groups is 1. The molecule has 1 aliphatic rings. The number of nitrogens with zero attached hydrogens (tertiary/aromatic N) is 3. The van der Waals surface area contributed by atoms with Crippen LogP contribution in [0.15, 0.2) is 54.1 Å². The van der Waals surface area contributed by atoms with Crippen molar-refractivity contribution in [3.8, 4) is 0 Å². The summed E-state index contributed by atoms with van der Waals surface area (Å²) in [6.07, 6.45) is 1.57. The monoisotopic (exact) mass is 369 g/mol. The van der Waals surface area contributed by atoms with Gasteiger partial charge in [-0.05, 0) is 31.2 Å². The van der Waals surface area contributed by atoms with Gasteiger partial charge in [-0.2, -0.15) is 0 Å². The zero-order chi connectivity index (χ0) is 19.4. The second-order valence-corrected chi connectivity index (χ2v) is 6.40. The molecule has 0 N–H and O–H groups in total. The van der Waals surface area contributed by atoms with Crippen molar-refractivity contribution in [3.05, 3.63) is 75.6 Å². The lowest BCUT2D eigenvalue weighted by Gasteiger charge is -2.36. The Morgan fingerprint density at radius 3 is 2.30 bits per heavy atom. The highest BCUT2D eigenvalue weighted by Crippen LogP contribution is 2.21. The molecule has 2 aromatic rings. The molecule has 0 aromatic heterocycles. The largest absolute Gasteiger partial charge is 0.368 e. The summed E-state index contributed by atoms with van der Waals surface area (Å²) in [5.74, 6) is -0.464. The lowest BCUT2D eigenvalue weighted by Crippen LogP contribution is -2.49. The van der Waals surface area contributed by atoms with Crippen LogP contribution in [0.2, 0.25) is 0 Å². The van der Waals surface area contributed by atoms with E-state index >= 15 is 0 Å². The van der Waals surface area contributed by atoms with Crippen LogP contribution in [0, 0.1) is 15.9 Å². The van der Waals surface area contributed by atoms with Gasteiger partial charge in [-0.3, -0.25) is 14.9 Å². The Balaban J connectivity index is 1.62. The van der Waals surface area contributed by atoms with Crippen LogP contribution in [-0.4, -0.2) is 41.9 Å². The number of hydrogen-bond acceptors (Lipinski definition) is 4. The Labute approximate surface area is 156 Å². The fourth-order valence-electron chi connectivity index (χ4n) is 3.09. The molecule has 2 aromatic carbocycles. The van der Waals surface area contributed by atoms with Gasteiger partial charge in [0.1, 0.15) is 5.82 Å². The minimum absolute atomic E-state index is 0.0569. The first-order valence-electron chi connectivity index (χ1n) is 8.67. The molecule has 1 aliphatic heterocycles. The van der Waals surface area contributed by atoms with Gasteiger partial charge in [-0.25, -0.2) is 4.39 Å². The molecule has 0 atom stereocenters. The van der Waals surface area contributed by atoms with Crippen molar-refractivity contribution in [1.29, 1.82) is 0 Å². The topological polar surface area (TPSA) is 66.7 Å². The van der Waals surface area contributed by atoms with Crippen molar-refractivity contribution in [2.75, 3.05) is 31.1 Å². The quantitative estimate of drug-likeness (QED) is 0.470. The van der Waals surface area contributed by atoms with E-state index in [1.165, 1.54) is 18.2 Å². The molecule has 0 radical (unpaired) electrons. The van der Waals surface area contributed by atoms with Crippen molar-refractivity contribution in [3.63, 3.8) is 0 Å². The van der Waals surface area contributed by atoms with Gasteiger partial charge in [-0.15, -0.1) is 0 Å². The van der Waals surface area contributed by atoms with Gasteiger partial charge in [0.05, 0.1) is 4.92 Å².